The fraction of sp³-hybridized carbons (Fsp3) is 0.154. The topological polar surface area (TPSA) is 54.9 Å². The normalized spacial score (nSPS) is 10.1. The molecule has 0 atom stereocenters. The number of hydrogen-bond donors (Lipinski definition) is 2. The zero-order valence-electron chi connectivity index (χ0n) is 9.71. The summed E-state index contributed by atoms with van der Waals surface area (Å²) >= 11 is 4.01. The Morgan fingerprint density at radius 2 is 1.83 bits per heavy atom. The van der Waals surface area contributed by atoms with Crippen molar-refractivity contribution < 1.29 is 4.79 Å². The molecule has 0 saturated heterocycles. The van der Waals surface area contributed by atoms with Gasteiger partial charge in [-0.2, -0.15) is 12.6 Å². The van der Waals surface area contributed by atoms with Gasteiger partial charge in [-0.1, -0.05) is 0 Å². The molecule has 0 aliphatic rings. The number of amides is 1. The first-order valence-corrected chi connectivity index (χ1v) is 6.21. The SMILES string of the molecule is O=C(CCS)Nc1ccc(-c2ncccn2)cc1. The predicted molar refractivity (Wildman–Crippen MR) is 74.6 cm³/mol. The van der Waals surface area contributed by atoms with Crippen LogP contribution in [0.3, 0.4) is 0 Å². The Bertz CT molecular complexity index is 514. The molecule has 0 aliphatic carbocycles. The highest BCUT2D eigenvalue weighted by Crippen LogP contribution is 2.17. The second-order valence-corrected chi connectivity index (χ2v) is 4.12. The van der Waals surface area contributed by atoms with Gasteiger partial charge < -0.3 is 5.32 Å². The van der Waals surface area contributed by atoms with Crippen molar-refractivity contribution in [1.29, 1.82) is 0 Å². The number of aromatic nitrogens is 2. The van der Waals surface area contributed by atoms with Gasteiger partial charge in [-0.05, 0) is 36.1 Å². The Labute approximate surface area is 111 Å². The highest BCUT2D eigenvalue weighted by Gasteiger charge is 2.02. The fourth-order valence-electron chi connectivity index (χ4n) is 1.48. The van der Waals surface area contributed by atoms with Gasteiger partial charge in [-0.25, -0.2) is 9.97 Å². The van der Waals surface area contributed by atoms with Crippen LogP contribution < -0.4 is 5.32 Å². The van der Waals surface area contributed by atoms with Crippen molar-refractivity contribution in [3.63, 3.8) is 0 Å². The van der Waals surface area contributed by atoms with Gasteiger partial charge in [0.15, 0.2) is 5.82 Å². The minimum atomic E-state index is -0.0336. The first kappa shape index (κ1) is 12.6. The van der Waals surface area contributed by atoms with Crippen molar-refractivity contribution in [3.8, 4) is 11.4 Å². The van der Waals surface area contributed by atoms with Crippen LogP contribution in [0.5, 0.6) is 0 Å². The van der Waals surface area contributed by atoms with Crippen molar-refractivity contribution in [2.45, 2.75) is 6.42 Å². The van der Waals surface area contributed by atoms with Crippen LogP contribution in [0.1, 0.15) is 6.42 Å². The third-order valence-corrected chi connectivity index (χ3v) is 2.56. The molecule has 1 heterocycles. The molecule has 5 heteroatoms. The molecule has 18 heavy (non-hydrogen) atoms. The van der Waals surface area contributed by atoms with Gasteiger partial charge in [-0.15, -0.1) is 0 Å². The van der Waals surface area contributed by atoms with Crippen LogP contribution in [0.2, 0.25) is 0 Å². The van der Waals surface area contributed by atoms with Gasteiger partial charge in [0, 0.05) is 30.1 Å². The number of hydrogen-bond acceptors (Lipinski definition) is 4. The average Bonchev–Trinajstić information content (AvgIpc) is 2.41. The summed E-state index contributed by atoms with van der Waals surface area (Å²) in [6.45, 7) is 0. The van der Waals surface area contributed by atoms with E-state index in [1.165, 1.54) is 0 Å². The zero-order chi connectivity index (χ0) is 12.8. The third kappa shape index (κ3) is 3.30. The smallest absolute Gasteiger partial charge is 0.225 e. The van der Waals surface area contributed by atoms with Crippen molar-refractivity contribution in [2.75, 3.05) is 11.1 Å². The van der Waals surface area contributed by atoms with Crippen molar-refractivity contribution in [1.82, 2.24) is 9.97 Å². The van der Waals surface area contributed by atoms with E-state index in [4.69, 9.17) is 0 Å². The van der Waals surface area contributed by atoms with E-state index in [-0.39, 0.29) is 5.91 Å². The van der Waals surface area contributed by atoms with Gasteiger partial charge in [-0.3, -0.25) is 4.79 Å². The largest absolute Gasteiger partial charge is 0.326 e. The van der Waals surface area contributed by atoms with Gasteiger partial charge in [0.25, 0.3) is 0 Å². The maximum Gasteiger partial charge on any atom is 0.225 e. The highest BCUT2D eigenvalue weighted by atomic mass is 32.1. The second kappa shape index (κ2) is 6.16. The van der Waals surface area contributed by atoms with Crippen LogP contribution in [0.15, 0.2) is 42.7 Å². The van der Waals surface area contributed by atoms with E-state index in [0.29, 0.717) is 18.0 Å². The van der Waals surface area contributed by atoms with Crippen LogP contribution in [0.25, 0.3) is 11.4 Å². The van der Waals surface area contributed by atoms with Gasteiger partial charge in [0.2, 0.25) is 5.91 Å². The molecule has 92 valence electrons. The molecule has 0 bridgehead atoms. The van der Waals surface area contributed by atoms with Crippen LogP contribution in [0.4, 0.5) is 5.69 Å². The van der Waals surface area contributed by atoms with Gasteiger partial charge in [0.1, 0.15) is 0 Å². The molecule has 4 nitrogen and oxygen atoms in total. The van der Waals surface area contributed by atoms with Crippen LogP contribution in [0, 0.1) is 0 Å². The molecule has 0 saturated carbocycles. The van der Waals surface area contributed by atoms with Crippen molar-refractivity contribution in [2.24, 2.45) is 0 Å². The van der Waals surface area contributed by atoms with E-state index in [0.717, 1.165) is 11.3 Å². The van der Waals surface area contributed by atoms with E-state index in [2.05, 4.69) is 27.9 Å². The van der Waals surface area contributed by atoms with E-state index >= 15 is 0 Å². The van der Waals surface area contributed by atoms with Crippen LogP contribution >= 0.6 is 12.6 Å². The number of carbonyl (C=O) groups excluding carboxylic acids is 1. The quantitative estimate of drug-likeness (QED) is 0.829. The zero-order valence-corrected chi connectivity index (χ0v) is 10.6. The number of thiol groups is 1. The monoisotopic (exact) mass is 259 g/mol. The Morgan fingerprint density at radius 3 is 2.44 bits per heavy atom. The molecule has 0 fully saturated rings. The third-order valence-electron chi connectivity index (χ3n) is 2.33. The Balaban J connectivity index is 2.09. The van der Waals surface area contributed by atoms with Gasteiger partial charge in [0.05, 0.1) is 0 Å². The first-order chi connectivity index (χ1) is 8.79. The van der Waals surface area contributed by atoms with Crippen LogP contribution in [-0.4, -0.2) is 21.6 Å². The number of carbonyl (C=O) groups is 1. The second-order valence-electron chi connectivity index (χ2n) is 3.67. The van der Waals surface area contributed by atoms with Gasteiger partial charge >= 0.3 is 0 Å². The summed E-state index contributed by atoms with van der Waals surface area (Å²) in [5.41, 5.74) is 1.68. The molecule has 1 aromatic heterocycles. The Morgan fingerprint density at radius 1 is 1.17 bits per heavy atom. The molecule has 1 aromatic carbocycles. The first-order valence-electron chi connectivity index (χ1n) is 5.58. The molecule has 0 spiro atoms. The number of nitrogens with zero attached hydrogens (tertiary/aromatic N) is 2. The Hall–Kier alpha value is -1.88. The maximum atomic E-state index is 11.4. The lowest BCUT2D eigenvalue weighted by atomic mass is 10.2. The lowest BCUT2D eigenvalue weighted by molar-refractivity contribution is -0.115. The summed E-state index contributed by atoms with van der Waals surface area (Å²) in [4.78, 5) is 19.7. The van der Waals surface area contributed by atoms with Crippen molar-refractivity contribution in [3.05, 3.63) is 42.7 Å². The molecule has 1 amide bonds. The van der Waals surface area contributed by atoms with Crippen LogP contribution in [-0.2, 0) is 4.79 Å². The maximum absolute atomic E-state index is 11.4. The van der Waals surface area contributed by atoms with E-state index in [9.17, 15) is 4.79 Å². The molecule has 2 rings (SSSR count). The average molecular weight is 259 g/mol. The molecule has 1 N–H and O–H groups in total. The predicted octanol–water partition coefficient (Wildman–Crippen LogP) is 2.40. The fourth-order valence-corrected chi connectivity index (χ4v) is 1.68. The number of rotatable bonds is 4. The minimum absolute atomic E-state index is 0.0336. The van der Waals surface area contributed by atoms with E-state index in [1.54, 1.807) is 18.5 Å². The van der Waals surface area contributed by atoms with E-state index in [1.807, 2.05) is 24.3 Å². The molecule has 0 aliphatic heterocycles. The van der Waals surface area contributed by atoms with E-state index < -0.39 is 0 Å². The highest BCUT2D eigenvalue weighted by molar-refractivity contribution is 7.80. The molecular weight excluding hydrogens is 246 g/mol. The number of benzene rings is 1. The van der Waals surface area contributed by atoms with Crippen molar-refractivity contribution >= 4 is 24.2 Å². The Kier molecular flexibility index (Phi) is 4.30. The summed E-state index contributed by atoms with van der Waals surface area (Å²) in [5, 5.41) is 2.79. The summed E-state index contributed by atoms with van der Waals surface area (Å²) < 4.78 is 0. The summed E-state index contributed by atoms with van der Waals surface area (Å²) in [5.74, 6) is 1.18. The summed E-state index contributed by atoms with van der Waals surface area (Å²) in [7, 11) is 0. The lowest BCUT2D eigenvalue weighted by Crippen LogP contribution is -2.11. The lowest BCUT2D eigenvalue weighted by Gasteiger charge is -2.05. The summed E-state index contributed by atoms with van der Waals surface area (Å²) in [6.07, 6.45) is 3.81. The summed E-state index contributed by atoms with van der Waals surface area (Å²) in [6, 6.07) is 9.21. The molecule has 2 aromatic rings. The molecule has 0 unspecified atom stereocenters. The minimum Gasteiger partial charge on any atom is -0.326 e. The molecule has 0 radical (unpaired) electrons. The number of nitrogens with one attached hydrogen (secondary N) is 1. The standard InChI is InChI=1S/C13H13N3OS/c17-12(6-9-18)16-11-4-2-10(3-5-11)13-14-7-1-8-15-13/h1-5,7-8,18H,6,9H2,(H,16,17). The number of anilines is 1. The molecular formula is C13H13N3OS.